The predicted molar refractivity (Wildman–Crippen MR) is 77.7 cm³/mol. The minimum Gasteiger partial charge on any atom is -0.465 e. The summed E-state index contributed by atoms with van der Waals surface area (Å²) < 4.78 is 23.9. The van der Waals surface area contributed by atoms with E-state index in [0.29, 0.717) is 12.6 Å². The Bertz CT molecular complexity index is 473. The standard InChI is InChI=1S/C16H22FNO3/c1-20-16(19)14-6-5-12(10-15(14)17)11-18-8-7-13-4-2-3-9-21-13/h5-6,10,13,18H,2-4,7-9,11H2,1H3. The Morgan fingerprint density at radius 2 is 2.33 bits per heavy atom. The van der Waals surface area contributed by atoms with Gasteiger partial charge >= 0.3 is 5.97 Å². The monoisotopic (exact) mass is 295 g/mol. The predicted octanol–water partition coefficient (Wildman–Crippen LogP) is 2.66. The molecule has 1 N–H and O–H groups in total. The van der Waals surface area contributed by atoms with Crippen molar-refractivity contribution in [1.82, 2.24) is 5.32 Å². The SMILES string of the molecule is COC(=O)c1ccc(CNCCC2CCCCO2)cc1F. The van der Waals surface area contributed by atoms with Gasteiger partial charge in [0, 0.05) is 13.2 Å². The van der Waals surface area contributed by atoms with Crippen molar-refractivity contribution in [2.24, 2.45) is 0 Å². The number of hydrogen-bond acceptors (Lipinski definition) is 4. The van der Waals surface area contributed by atoms with Gasteiger partial charge in [-0.15, -0.1) is 0 Å². The number of nitrogens with one attached hydrogen (secondary N) is 1. The zero-order valence-electron chi connectivity index (χ0n) is 12.4. The van der Waals surface area contributed by atoms with Crippen molar-refractivity contribution in [2.45, 2.75) is 38.3 Å². The van der Waals surface area contributed by atoms with E-state index in [9.17, 15) is 9.18 Å². The van der Waals surface area contributed by atoms with Gasteiger partial charge in [0.2, 0.25) is 0 Å². The molecular weight excluding hydrogens is 273 g/mol. The summed E-state index contributed by atoms with van der Waals surface area (Å²) in [4.78, 5) is 11.3. The number of methoxy groups -OCH3 is 1. The van der Waals surface area contributed by atoms with Crippen molar-refractivity contribution in [3.05, 3.63) is 35.1 Å². The van der Waals surface area contributed by atoms with Crippen LogP contribution < -0.4 is 5.32 Å². The quantitative estimate of drug-likeness (QED) is 0.647. The van der Waals surface area contributed by atoms with Gasteiger partial charge in [0.25, 0.3) is 0 Å². The number of rotatable bonds is 6. The van der Waals surface area contributed by atoms with E-state index < -0.39 is 11.8 Å². The van der Waals surface area contributed by atoms with E-state index >= 15 is 0 Å². The summed E-state index contributed by atoms with van der Waals surface area (Å²) in [7, 11) is 1.24. The van der Waals surface area contributed by atoms with Crippen molar-refractivity contribution < 1.29 is 18.7 Å². The summed E-state index contributed by atoms with van der Waals surface area (Å²) in [6.45, 7) is 2.28. The first-order chi connectivity index (χ1) is 10.2. The molecule has 4 nitrogen and oxygen atoms in total. The third-order valence-electron chi connectivity index (χ3n) is 3.69. The van der Waals surface area contributed by atoms with Crippen LogP contribution in [-0.4, -0.2) is 32.3 Å². The minimum absolute atomic E-state index is 0.0307. The van der Waals surface area contributed by atoms with Crippen molar-refractivity contribution >= 4 is 5.97 Å². The molecule has 1 heterocycles. The number of carbonyl (C=O) groups excluding carboxylic acids is 1. The molecule has 0 saturated carbocycles. The molecule has 0 amide bonds. The molecule has 1 aliphatic rings. The summed E-state index contributed by atoms with van der Waals surface area (Å²) >= 11 is 0. The van der Waals surface area contributed by atoms with Crippen LogP contribution in [0.15, 0.2) is 18.2 Å². The molecular formula is C16H22FNO3. The lowest BCUT2D eigenvalue weighted by atomic mass is 10.1. The highest BCUT2D eigenvalue weighted by Crippen LogP contribution is 2.15. The largest absolute Gasteiger partial charge is 0.465 e. The molecule has 0 aromatic heterocycles. The second-order valence-electron chi connectivity index (χ2n) is 5.26. The van der Waals surface area contributed by atoms with Crippen LogP contribution in [0, 0.1) is 5.82 Å². The van der Waals surface area contributed by atoms with E-state index in [1.807, 2.05) is 0 Å². The maximum atomic E-state index is 13.7. The molecule has 0 bridgehead atoms. The number of ether oxygens (including phenoxy) is 2. The van der Waals surface area contributed by atoms with Gasteiger partial charge in [0.15, 0.2) is 0 Å². The highest BCUT2D eigenvalue weighted by molar-refractivity contribution is 5.89. The summed E-state index contributed by atoms with van der Waals surface area (Å²) in [6, 6.07) is 4.57. The Hall–Kier alpha value is -1.46. The minimum atomic E-state index is -0.651. The van der Waals surface area contributed by atoms with Crippen LogP contribution in [0.3, 0.4) is 0 Å². The molecule has 1 aromatic rings. The van der Waals surface area contributed by atoms with Crippen LogP contribution in [0.1, 0.15) is 41.6 Å². The van der Waals surface area contributed by atoms with Crippen molar-refractivity contribution in [3.8, 4) is 0 Å². The molecule has 2 rings (SSSR count). The Balaban J connectivity index is 1.75. The zero-order valence-corrected chi connectivity index (χ0v) is 12.4. The summed E-state index contributed by atoms with van der Waals surface area (Å²) in [5, 5.41) is 3.28. The first-order valence-corrected chi connectivity index (χ1v) is 7.40. The molecule has 1 fully saturated rings. The molecule has 1 atom stereocenters. The average molecular weight is 295 g/mol. The van der Waals surface area contributed by atoms with Crippen LogP contribution >= 0.6 is 0 Å². The van der Waals surface area contributed by atoms with Crippen LogP contribution in [0.25, 0.3) is 0 Å². The van der Waals surface area contributed by atoms with E-state index in [2.05, 4.69) is 10.1 Å². The Morgan fingerprint density at radius 1 is 1.48 bits per heavy atom. The van der Waals surface area contributed by atoms with E-state index in [-0.39, 0.29) is 5.56 Å². The fourth-order valence-electron chi connectivity index (χ4n) is 2.47. The highest BCUT2D eigenvalue weighted by Gasteiger charge is 2.14. The molecule has 0 radical (unpaired) electrons. The highest BCUT2D eigenvalue weighted by atomic mass is 19.1. The Kier molecular flexibility index (Phi) is 6.14. The number of hydrogen-bond donors (Lipinski definition) is 1. The number of esters is 1. The summed E-state index contributed by atoms with van der Waals surface area (Å²) in [5.41, 5.74) is 0.779. The first-order valence-electron chi connectivity index (χ1n) is 7.40. The van der Waals surface area contributed by atoms with Crippen LogP contribution in [0.5, 0.6) is 0 Å². The molecule has 1 aromatic carbocycles. The molecule has 21 heavy (non-hydrogen) atoms. The first kappa shape index (κ1) is 15.9. The van der Waals surface area contributed by atoms with Gasteiger partial charge in [-0.2, -0.15) is 0 Å². The average Bonchev–Trinajstić information content (AvgIpc) is 2.52. The molecule has 1 aliphatic heterocycles. The lowest BCUT2D eigenvalue weighted by Gasteiger charge is -2.22. The third-order valence-corrected chi connectivity index (χ3v) is 3.69. The topological polar surface area (TPSA) is 47.6 Å². The van der Waals surface area contributed by atoms with Gasteiger partial charge < -0.3 is 14.8 Å². The van der Waals surface area contributed by atoms with Crippen LogP contribution in [-0.2, 0) is 16.0 Å². The van der Waals surface area contributed by atoms with E-state index in [1.54, 1.807) is 6.07 Å². The summed E-state index contributed by atoms with van der Waals surface area (Å²) in [6.07, 6.45) is 4.86. The maximum absolute atomic E-state index is 13.7. The molecule has 1 unspecified atom stereocenters. The molecule has 116 valence electrons. The van der Waals surface area contributed by atoms with E-state index in [0.717, 1.165) is 38.0 Å². The van der Waals surface area contributed by atoms with Crippen LogP contribution in [0.4, 0.5) is 4.39 Å². The van der Waals surface area contributed by atoms with Gasteiger partial charge in [-0.25, -0.2) is 9.18 Å². The smallest absolute Gasteiger partial charge is 0.340 e. The van der Waals surface area contributed by atoms with Crippen molar-refractivity contribution in [1.29, 1.82) is 0 Å². The number of benzene rings is 1. The van der Waals surface area contributed by atoms with Gasteiger partial charge in [-0.1, -0.05) is 6.07 Å². The normalized spacial score (nSPS) is 18.5. The zero-order chi connectivity index (χ0) is 15.1. The second kappa shape index (κ2) is 8.10. The fraction of sp³-hybridized carbons (Fsp3) is 0.562. The molecule has 0 aliphatic carbocycles. The van der Waals surface area contributed by atoms with E-state index in [1.165, 1.54) is 25.7 Å². The van der Waals surface area contributed by atoms with Crippen molar-refractivity contribution in [2.75, 3.05) is 20.3 Å². The van der Waals surface area contributed by atoms with E-state index in [4.69, 9.17) is 4.74 Å². The van der Waals surface area contributed by atoms with Gasteiger partial charge in [-0.3, -0.25) is 0 Å². The van der Waals surface area contributed by atoms with Gasteiger partial charge in [-0.05, 0) is 49.9 Å². The fourth-order valence-corrected chi connectivity index (χ4v) is 2.47. The van der Waals surface area contributed by atoms with Gasteiger partial charge in [0.05, 0.1) is 18.8 Å². The second-order valence-corrected chi connectivity index (χ2v) is 5.26. The molecule has 0 spiro atoms. The van der Waals surface area contributed by atoms with Crippen LogP contribution in [0.2, 0.25) is 0 Å². The maximum Gasteiger partial charge on any atom is 0.340 e. The summed E-state index contributed by atoms with van der Waals surface area (Å²) in [5.74, 6) is -1.20. The number of halogens is 1. The third kappa shape index (κ3) is 4.79. The lowest BCUT2D eigenvalue weighted by molar-refractivity contribution is 0.0115. The Morgan fingerprint density at radius 3 is 3.00 bits per heavy atom. The Labute approximate surface area is 124 Å². The molecule has 5 heteroatoms. The number of carbonyl (C=O) groups is 1. The van der Waals surface area contributed by atoms with Crippen molar-refractivity contribution in [3.63, 3.8) is 0 Å². The molecule has 1 saturated heterocycles. The lowest BCUT2D eigenvalue weighted by Crippen LogP contribution is -2.25. The van der Waals surface area contributed by atoms with Gasteiger partial charge in [0.1, 0.15) is 5.82 Å².